The van der Waals surface area contributed by atoms with Crippen LogP contribution in [0, 0.1) is 6.92 Å². The highest BCUT2D eigenvalue weighted by Crippen LogP contribution is 2.40. The normalized spacial score (nSPS) is 12.2. The molecule has 141 heavy (non-hydrogen) atoms. The number of benzene rings is 6. The monoisotopic (exact) mass is 2100 g/mol. The van der Waals surface area contributed by atoms with Gasteiger partial charge in [0.1, 0.15) is 11.3 Å². The lowest BCUT2D eigenvalue weighted by Crippen LogP contribution is -2.41. The van der Waals surface area contributed by atoms with Gasteiger partial charge in [-0.2, -0.15) is 0 Å². The van der Waals surface area contributed by atoms with E-state index in [4.69, 9.17) is 53.4 Å². The van der Waals surface area contributed by atoms with E-state index in [1.807, 2.05) is 179 Å². The van der Waals surface area contributed by atoms with Crippen LogP contribution >= 0.6 is 47.8 Å². The number of halogens is 3. The van der Waals surface area contributed by atoms with Crippen molar-refractivity contribution in [1.29, 1.82) is 0 Å². The second kappa shape index (κ2) is 55.1. The smallest absolute Gasteiger partial charge is 0.494 e. The summed E-state index contributed by atoms with van der Waals surface area (Å²) < 4.78 is 62.0. The van der Waals surface area contributed by atoms with Crippen molar-refractivity contribution in [1.82, 2.24) is 68.6 Å². The average Bonchev–Trinajstić information content (AvgIpc) is 1.58. The third-order valence-electron chi connectivity index (χ3n) is 22.9. The number of aromatic nitrogens is 13. The van der Waals surface area contributed by atoms with Crippen molar-refractivity contribution in [3.05, 3.63) is 312 Å². The summed E-state index contributed by atoms with van der Waals surface area (Å²) in [5.74, 6) is 6.34. The van der Waals surface area contributed by atoms with Gasteiger partial charge in [-0.05, 0) is 257 Å². The van der Waals surface area contributed by atoms with Crippen molar-refractivity contribution in [2.24, 2.45) is 11.6 Å². The number of methoxy groups -OCH3 is 1. The molecule has 1 aliphatic heterocycles. The van der Waals surface area contributed by atoms with E-state index >= 15 is 0 Å². The molecule has 9 N–H and O–H groups in total. The Balaban J connectivity index is 0.000000152. The molecule has 1 aliphatic rings. The lowest BCUT2D eigenvalue weighted by molar-refractivity contribution is -0.282. The van der Waals surface area contributed by atoms with Gasteiger partial charge in [0.2, 0.25) is 12.8 Å². The second-order valence-electron chi connectivity index (χ2n) is 33.3. The molecule has 17 aromatic rings. The molecule has 35 heteroatoms. The fourth-order valence-corrected chi connectivity index (χ4v) is 16.0. The maximum Gasteiger partial charge on any atom is 0.494 e. The van der Waals surface area contributed by atoms with Gasteiger partial charge in [-0.15, -0.1) is 20.4 Å². The zero-order valence-electron chi connectivity index (χ0n) is 81.2. The van der Waals surface area contributed by atoms with Gasteiger partial charge in [0.05, 0.1) is 86.4 Å². The number of hydrogen-bond donors (Lipinski definition) is 7. The maximum absolute atomic E-state index is 12.3. The molecular formula is C106H124BBr3N20O11. The lowest BCUT2D eigenvalue weighted by atomic mass is 9.79. The molecule has 1 saturated heterocycles. The van der Waals surface area contributed by atoms with Gasteiger partial charge in [-0.3, -0.25) is 30.2 Å². The fraction of sp³-hybridized carbons (Fsp3) is 0.302. The van der Waals surface area contributed by atoms with Gasteiger partial charge >= 0.3 is 13.1 Å². The molecule has 0 bridgehead atoms. The Kier molecular flexibility index (Phi) is 41.7. The van der Waals surface area contributed by atoms with Crippen LogP contribution in [0.5, 0.6) is 5.75 Å². The zero-order valence-corrected chi connectivity index (χ0v) is 86.0. The van der Waals surface area contributed by atoms with E-state index in [1.54, 1.807) is 38.8 Å². The quantitative estimate of drug-likeness (QED) is 0.00362. The molecule has 18 rings (SSSR count). The van der Waals surface area contributed by atoms with Crippen LogP contribution in [0.25, 0.3) is 77.6 Å². The molecule has 1 amide bonds. The molecular weight excluding hydrogens is 1980 g/mol. The molecule has 11 aromatic heterocycles. The number of rotatable bonds is 37. The number of nitrogen functional groups attached to an aromatic ring is 1. The molecule has 12 heterocycles. The molecule has 1 fully saturated rings. The second-order valence-corrected chi connectivity index (χ2v) is 36.1. The van der Waals surface area contributed by atoms with E-state index in [0.717, 1.165) is 205 Å². The van der Waals surface area contributed by atoms with Crippen molar-refractivity contribution in [2.75, 3.05) is 87.5 Å². The Labute approximate surface area is 848 Å². The average molecular weight is 2100 g/mol. The summed E-state index contributed by atoms with van der Waals surface area (Å²) in [5, 5.41) is 33.5. The van der Waals surface area contributed by atoms with Gasteiger partial charge in [0, 0.05) is 200 Å². The zero-order chi connectivity index (χ0) is 99.7. The number of hydrazine groups is 1. The molecule has 0 aliphatic carbocycles. The van der Waals surface area contributed by atoms with E-state index < -0.39 is 6.48 Å². The first-order valence-corrected chi connectivity index (χ1v) is 49.5. The topological polar surface area (TPSA) is 365 Å². The summed E-state index contributed by atoms with van der Waals surface area (Å²) in [6.07, 6.45) is 34.9. The summed E-state index contributed by atoms with van der Waals surface area (Å²) in [4.78, 5) is 42.2. The fourth-order valence-electron chi connectivity index (χ4n) is 15.0. The standard InChI is InChI=1S/C25H23N5O.C19H20BrN3O2.C18H16BrN5O.C17H18BrN5O.C13H19BO3.C7H12N2.C7H16O3/c1-18-5-7-19(8-6-18)20-9-10-23-21(15-20)24(22(16-27-23)25-29-28-17-31-25)26-11-4-14-30-12-2-3-13-30;1-2-25-19(24)16-13-22-17-7-6-14(20)12-15(17)18(16)21-8-5-11-23-9-3-4-10-23;19-13-4-5-16-14(10-13)17(15(11-21-16)18-23-22-12-25-18)20-6-3-9-24-7-1-2-8-24;18-12-4-5-15-13(10-12)16(14(11-21-15)17(24)22-19)20-6-3-9-23-7-1-2-8-23;1-12(2)13(3,4)17-14(16-12)10-6-8-11(15-5)9-7-10;8-4-3-7-9-5-1-2-6-9;1-4-8-7(9-5-2)10-6-3/h2-3,5-10,12-13,15-17H,4,11,14H2,1H3,(H,26,27);3-4,6-7,9-10,12-13H,2,5,8,11H2,1H3,(H,21,22);1-2,4-5,7-8,10-12H,3,6,9H2,(H,20,21);1-2,4-5,7-8,10-11H,3,6,9,19H2,(H,20,21)(H,22,24);6-9H,1-5H3;1-2,5-6H,3-4,7-8H2;7H,4-6H2,1-3H3. The van der Waals surface area contributed by atoms with Crippen molar-refractivity contribution < 1.29 is 51.4 Å². The van der Waals surface area contributed by atoms with E-state index in [2.05, 4.69) is 258 Å². The van der Waals surface area contributed by atoms with Gasteiger partial charge in [0.25, 0.3) is 24.2 Å². The first-order valence-electron chi connectivity index (χ1n) is 47.1. The van der Waals surface area contributed by atoms with Crippen molar-refractivity contribution >= 4 is 139 Å². The lowest BCUT2D eigenvalue weighted by Gasteiger charge is -2.32. The molecule has 0 unspecified atom stereocenters. The van der Waals surface area contributed by atoms with Crippen LogP contribution in [0.15, 0.2) is 304 Å². The minimum atomic E-state index is -0.472. The summed E-state index contributed by atoms with van der Waals surface area (Å²) >= 11 is 10.5. The number of amides is 1. The van der Waals surface area contributed by atoms with Crippen LogP contribution in [-0.2, 0) is 61.0 Å². The van der Waals surface area contributed by atoms with E-state index in [1.165, 1.54) is 23.9 Å². The number of nitrogens with zero attached hydrogens (tertiary/aromatic N) is 13. The highest BCUT2D eigenvalue weighted by molar-refractivity contribution is 9.11. The molecule has 0 atom stereocenters. The van der Waals surface area contributed by atoms with Crippen molar-refractivity contribution in [3.8, 4) is 39.8 Å². The molecule has 738 valence electrons. The highest BCUT2D eigenvalue weighted by Gasteiger charge is 2.51. The number of esters is 1. The van der Waals surface area contributed by atoms with Crippen LogP contribution in [-0.4, -0.2) is 166 Å². The summed E-state index contributed by atoms with van der Waals surface area (Å²) in [7, 11) is 1.36. The molecule has 6 aromatic carbocycles. The van der Waals surface area contributed by atoms with Crippen LogP contribution in [0.1, 0.15) is 114 Å². The van der Waals surface area contributed by atoms with Gasteiger partial charge in [-0.25, -0.2) is 10.6 Å². The summed E-state index contributed by atoms with van der Waals surface area (Å²) in [5.41, 5.74) is 21.0. The SMILES string of the molecule is Brc1ccc2ncc(-c3nnco3)c(NCCCn3cccc3)c2c1.CCOC(=O)c1cnc2ccc(Br)cc2c1NCCCn1cccc1.CCOC(OCC)OCC.COc1ccc(B2OC(C)(C)C(C)(C)O2)cc1.Cc1ccc(-c2ccc3ncc(-c4nnco4)c(NCCCn4cccc4)c3c2)cc1.NCCCn1cccc1.NNC(=O)c1cnc2ccc(Br)cc2c1NCCCn1cccc1. The van der Waals surface area contributed by atoms with Crippen molar-refractivity contribution in [2.45, 2.75) is 145 Å². The van der Waals surface area contributed by atoms with Crippen LogP contribution < -0.4 is 48.5 Å². The Morgan fingerprint density at radius 2 is 0.794 bits per heavy atom. The molecule has 31 nitrogen and oxygen atoms in total. The predicted molar refractivity (Wildman–Crippen MR) is 570 cm³/mol. The number of ether oxygens (including phenoxy) is 5. The Bertz CT molecular complexity index is 6560. The number of carbonyl (C=O) groups excluding carboxylic acids is 2. The third kappa shape index (κ3) is 31.4. The highest BCUT2D eigenvalue weighted by atomic mass is 79.9. The van der Waals surface area contributed by atoms with Crippen LogP contribution in [0.3, 0.4) is 0 Å². The first kappa shape index (κ1) is 107. The molecule has 0 spiro atoms. The maximum atomic E-state index is 12.3. The van der Waals surface area contributed by atoms with E-state index in [0.29, 0.717) is 49.3 Å². The summed E-state index contributed by atoms with van der Waals surface area (Å²) in [6.45, 7) is 28.2. The number of fused-ring (bicyclic) bond motifs is 4. The Morgan fingerprint density at radius 3 is 1.16 bits per heavy atom. The first-order chi connectivity index (χ1) is 68.6. The number of anilines is 4. The Hall–Kier alpha value is -13.2. The van der Waals surface area contributed by atoms with E-state index in [-0.39, 0.29) is 30.2 Å². The van der Waals surface area contributed by atoms with Crippen molar-refractivity contribution in [3.63, 3.8) is 0 Å². The van der Waals surface area contributed by atoms with E-state index in [9.17, 15) is 9.59 Å². The number of carbonyl (C=O) groups is 2. The predicted octanol–water partition coefficient (Wildman–Crippen LogP) is 21.5. The number of pyridine rings is 4. The van der Waals surface area contributed by atoms with Gasteiger partial charge in [-0.1, -0.05) is 95.8 Å². The largest absolute Gasteiger partial charge is 0.497 e. The molecule has 0 saturated carbocycles. The minimum Gasteiger partial charge on any atom is -0.497 e. The van der Waals surface area contributed by atoms with Crippen LogP contribution in [0.4, 0.5) is 22.7 Å². The third-order valence-corrected chi connectivity index (χ3v) is 24.4. The number of nitrogens with two attached hydrogens (primary N) is 2. The number of nitrogens with one attached hydrogen (secondary N) is 5. The number of aryl methyl sites for hydroxylation is 6. The number of hydrogen-bond acceptors (Lipinski definition) is 25. The van der Waals surface area contributed by atoms with Gasteiger partial charge in [0.15, 0.2) is 0 Å². The summed E-state index contributed by atoms with van der Waals surface area (Å²) in [6, 6.07) is 60.6. The molecule has 0 radical (unpaired) electrons. The van der Waals surface area contributed by atoms with Gasteiger partial charge < -0.3 is 91.7 Å². The Morgan fingerprint density at radius 1 is 0.440 bits per heavy atom. The minimum absolute atomic E-state index is 0.294. The van der Waals surface area contributed by atoms with Crippen LogP contribution in [0.2, 0.25) is 0 Å².